The lowest BCUT2D eigenvalue weighted by Crippen LogP contribution is -2.10. The molecule has 0 fully saturated rings. The standard InChI is InChI=1S/C17H26N4/c1-6-10-18-17-14-11-13(21(4)5)8-9-15(14)19-16(20-17)12(3)7-2/h8-9,11-12H,6-7,10H2,1-5H3,(H,18,19,20). The van der Waals surface area contributed by atoms with Crippen LogP contribution >= 0.6 is 0 Å². The molecule has 0 amide bonds. The Morgan fingerprint density at radius 1 is 1.19 bits per heavy atom. The van der Waals surface area contributed by atoms with Gasteiger partial charge in [-0.2, -0.15) is 0 Å². The van der Waals surface area contributed by atoms with Crippen LogP contribution < -0.4 is 10.2 Å². The summed E-state index contributed by atoms with van der Waals surface area (Å²) in [5, 5.41) is 4.55. The zero-order chi connectivity index (χ0) is 15.4. The second-order valence-corrected chi connectivity index (χ2v) is 5.76. The molecule has 1 atom stereocenters. The van der Waals surface area contributed by atoms with E-state index in [0.717, 1.165) is 41.9 Å². The smallest absolute Gasteiger partial charge is 0.137 e. The molecule has 21 heavy (non-hydrogen) atoms. The second kappa shape index (κ2) is 6.74. The quantitative estimate of drug-likeness (QED) is 0.870. The van der Waals surface area contributed by atoms with Gasteiger partial charge < -0.3 is 10.2 Å². The first kappa shape index (κ1) is 15.5. The van der Waals surface area contributed by atoms with E-state index in [1.807, 2.05) is 0 Å². The lowest BCUT2D eigenvalue weighted by Gasteiger charge is -2.16. The van der Waals surface area contributed by atoms with Crippen LogP contribution in [0.15, 0.2) is 18.2 Å². The molecular formula is C17H26N4. The van der Waals surface area contributed by atoms with E-state index in [2.05, 4.69) is 63.3 Å². The summed E-state index contributed by atoms with van der Waals surface area (Å²) >= 11 is 0. The van der Waals surface area contributed by atoms with Crippen LogP contribution in [0.1, 0.15) is 45.4 Å². The third-order valence-electron chi connectivity index (χ3n) is 3.81. The lowest BCUT2D eigenvalue weighted by atomic mass is 10.1. The van der Waals surface area contributed by atoms with Crippen LogP contribution in [0.4, 0.5) is 11.5 Å². The maximum absolute atomic E-state index is 4.77. The summed E-state index contributed by atoms with van der Waals surface area (Å²) in [5.74, 6) is 2.27. The predicted octanol–water partition coefficient (Wildman–Crippen LogP) is 4.03. The van der Waals surface area contributed by atoms with Gasteiger partial charge in [0, 0.05) is 37.6 Å². The summed E-state index contributed by atoms with van der Waals surface area (Å²) in [6, 6.07) is 6.36. The van der Waals surface area contributed by atoms with E-state index < -0.39 is 0 Å². The van der Waals surface area contributed by atoms with Gasteiger partial charge in [-0.1, -0.05) is 20.8 Å². The normalized spacial score (nSPS) is 12.4. The molecule has 0 bridgehead atoms. The van der Waals surface area contributed by atoms with Crippen LogP contribution in [0.25, 0.3) is 10.9 Å². The van der Waals surface area contributed by atoms with Gasteiger partial charge in [-0.05, 0) is 31.0 Å². The fourth-order valence-electron chi connectivity index (χ4n) is 2.19. The number of anilines is 2. The Morgan fingerprint density at radius 3 is 2.57 bits per heavy atom. The molecular weight excluding hydrogens is 260 g/mol. The Labute approximate surface area is 127 Å². The van der Waals surface area contributed by atoms with Crippen molar-refractivity contribution in [2.45, 2.75) is 39.5 Å². The third kappa shape index (κ3) is 3.43. The van der Waals surface area contributed by atoms with Gasteiger partial charge >= 0.3 is 0 Å². The molecule has 114 valence electrons. The highest BCUT2D eigenvalue weighted by Gasteiger charge is 2.12. The fraction of sp³-hybridized carbons (Fsp3) is 0.529. The van der Waals surface area contributed by atoms with Gasteiger partial charge in [-0.3, -0.25) is 0 Å². The van der Waals surface area contributed by atoms with Crippen molar-refractivity contribution in [1.82, 2.24) is 9.97 Å². The topological polar surface area (TPSA) is 41.1 Å². The summed E-state index contributed by atoms with van der Waals surface area (Å²) in [6.45, 7) is 7.45. The highest BCUT2D eigenvalue weighted by molar-refractivity contribution is 5.91. The van der Waals surface area contributed by atoms with Gasteiger partial charge in [-0.25, -0.2) is 9.97 Å². The van der Waals surface area contributed by atoms with Crippen LogP contribution in [0, 0.1) is 0 Å². The van der Waals surface area contributed by atoms with Crippen LogP contribution in [0.2, 0.25) is 0 Å². The number of hydrogen-bond donors (Lipinski definition) is 1. The van der Waals surface area contributed by atoms with Crippen molar-refractivity contribution in [3.05, 3.63) is 24.0 Å². The van der Waals surface area contributed by atoms with Crippen molar-refractivity contribution < 1.29 is 0 Å². The molecule has 4 nitrogen and oxygen atoms in total. The zero-order valence-corrected chi connectivity index (χ0v) is 13.8. The molecule has 0 aliphatic rings. The minimum atomic E-state index is 0.380. The highest BCUT2D eigenvalue weighted by atomic mass is 15.1. The average Bonchev–Trinajstić information content (AvgIpc) is 2.50. The largest absolute Gasteiger partial charge is 0.378 e. The summed E-state index contributed by atoms with van der Waals surface area (Å²) in [6.07, 6.45) is 2.13. The van der Waals surface area contributed by atoms with Gasteiger partial charge in [0.05, 0.1) is 5.52 Å². The summed E-state index contributed by atoms with van der Waals surface area (Å²) in [7, 11) is 4.10. The van der Waals surface area contributed by atoms with Gasteiger partial charge in [0.1, 0.15) is 11.6 Å². The first-order valence-electron chi connectivity index (χ1n) is 7.79. The Morgan fingerprint density at radius 2 is 1.95 bits per heavy atom. The molecule has 1 heterocycles. The number of fused-ring (bicyclic) bond motifs is 1. The van der Waals surface area contributed by atoms with Gasteiger partial charge in [0.25, 0.3) is 0 Å². The van der Waals surface area contributed by atoms with E-state index in [1.54, 1.807) is 0 Å². The molecule has 0 saturated heterocycles. The molecule has 0 aliphatic carbocycles. The Balaban J connectivity index is 2.56. The molecule has 1 aromatic heterocycles. The van der Waals surface area contributed by atoms with Crippen molar-refractivity contribution >= 4 is 22.4 Å². The number of benzene rings is 1. The average molecular weight is 286 g/mol. The first-order valence-corrected chi connectivity index (χ1v) is 7.79. The number of rotatable bonds is 6. The SMILES string of the molecule is CCCNc1nc(C(C)CC)nc2ccc(N(C)C)cc12. The van der Waals surface area contributed by atoms with Gasteiger partial charge in [0.2, 0.25) is 0 Å². The molecule has 0 spiro atoms. The lowest BCUT2D eigenvalue weighted by molar-refractivity contribution is 0.683. The van der Waals surface area contributed by atoms with E-state index in [-0.39, 0.29) is 0 Å². The van der Waals surface area contributed by atoms with Crippen LogP contribution in [-0.4, -0.2) is 30.6 Å². The maximum Gasteiger partial charge on any atom is 0.137 e. The van der Waals surface area contributed by atoms with Crippen molar-refractivity contribution in [2.24, 2.45) is 0 Å². The Bertz CT molecular complexity index is 607. The van der Waals surface area contributed by atoms with Gasteiger partial charge in [-0.15, -0.1) is 0 Å². The Hall–Kier alpha value is -1.84. The van der Waals surface area contributed by atoms with Crippen molar-refractivity contribution in [1.29, 1.82) is 0 Å². The minimum Gasteiger partial charge on any atom is -0.378 e. The molecule has 0 aliphatic heterocycles. The van der Waals surface area contributed by atoms with Crippen molar-refractivity contribution in [3.8, 4) is 0 Å². The van der Waals surface area contributed by atoms with E-state index in [9.17, 15) is 0 Å². The summed E-state index contributed by atoms with van der Waals surface area (Å²) in [5.41, 5.74) is 2.19. The van der Waals surface area contributed by atoms with Gasteiger partial charge in [0.15, 0.2) is 0 Å². The summed E-state index contributed by atoms with van der Waals surface area (Å²) in [4.78, 5) is 11.6. The molecule has 1 N–H and O–H groups in total. The zero-order valence-electron chi connectivity index (χ0n) is 13.8. The number of nitrogens with one attached hydrogen (secondary N) is 1. The first-order chi connectivity index (χ1) is 10.1. The third-order valence-corrected chi connectivity index (χ3v) is 3.81. The molecule has 4 heteroatoms. The highest BCUT2D eigenvalue weighted by Crippen LogP contribution is 2.27. The molecule has 2 rings (SSSR count). The van der Waals surface area contributed by atoms with E-state index in [0.29, 0.717) is 5.92 Å². The monoisotopic (exact) mass is 286 g/mol. The van der Waals surface area contributed by atoms with Crippen molar-refractivity contribution in [2.75, 3.05) is 30.9 Å². The van der Waals surface area contributed by atoms with Crippen molar-refractivity contribution in [3.63, 3.8) is 0 Å². The maximum atomic E-state index is 4.77. The molecule has 1 aromatic carbocycles. The number of aromatic nitrogens is 2. The van der Waals surface area contributed by atoms with E-state index in [1.165, 1.54) is 5.69 Å². The fourth-order valence-corrected chi connectivity index (χ4v) is 2.19. The van der Waals surface area contributed by atoms with E-state index >= 15 is 0 Å². The number of hydrogen-bond acceptors (Lipinski definition) is 4. The Kier molecular flexibility index (Phi) is 4.99. The van der Waals surface area contributed by atoms with E-state index in [4.69, 9.17) is 9.97 Å². The summed E-state index contributed by atoms with van der Waals surface area (Å²) < 4.78 is 0. The van der Waals surface area contributed by atoms with Crippen LogP contribution in [0.3, 0.4) is 0 Å². The molecule has 1 unspecified atom stereocenters. The molecule has 0 saturated carbocycles. The van der Waals surface area contributed by atoms with Crippen LogP contribution in [-0.2, 0) is 0 Å². The molecule has 2 aromatic rings. The molecule has 0 radical (unpaired) electrons. The predicted molar refractivity (Wildman–Crippen MR) is 91.4 cm³/mol. The van der Waals surface area contributed by atoms with Crippen LogP contribution in [0.5, 0.6) is 0 Å². The second-order valence-electron chi connectivity index (χ2n) is 5.76. The minimum absolute atomic E-state index is 0.380. The number of nitrogens with zero attached hydrogens (tertiary/aromatic N) is 3.